The Bertz CT molecular complexity index is 1660. The number of rotatable bonds is 7. The van der Waals surface area contributed by atoms with Gasteiger partial charge in [-0.1, -0.05) is 0 Å². The van der Waals surface area contributed by atoms with Crippen LogP contribution < -0.4 is 20.9 Å². The third-order valence-corrected chi connectivity index (χ3v) is 8.79. The van der Waals surface area contributed by atoms with Gasteiger partial charge >= 0.3 is 0 Å². The second kappa shape index (κ2) is 10.7. The first-order chi connectivity index (χ1) is 19.0. The average Bonchev–Trinajstić information content (AvgIpc) is 3.33. The van der Waals surface area contributed by atoms with Crippen LogP contribution in [0.2, 0.25) is 0 Å². The Hall–Kier alpha value is -3.77. The number of benzene rings is 2. The molecule has 0 aliphatic heterocycles. The van der Waals surface area contributed by atoms with Crippen LogP contribution in [0.25, 0.3) is 22.2 Å². The number of nitrogens with one attached hydrogen (secondary N) is 1. The summed E-state index contributed by atoms with van der Waals surface area (Å²) in [7, 11) is -2.75. The molecule has 0 unspecified atom stereocenters. The van der Waals surface area contributed by atoms with Crippen LogP contribution in [0.15, 0.2) is 47.5 Å². The summed E-state index contributed by atoms with van der Waals surface area (Å²) in [5, 5.41) is 5.11. The summed E-state index contributed by atoms with van der Waals surface area (Å²) in [6.45, 7) is 3.89. The van der Waals surface area contributed by atoms with Crippen LogP contribution in [0.1, 0.15) is 57.1 Å². The molecule has 0 atom stereocenters. The van der Waals surface area contributed by atoms with Gasteiger partial charge in [0.05, 0.1) is 28.6 Å². The number of fused-ring (bicyclic) bond motifs is 1. The highest BCUT2D eigenvalue weighted by molar-refractivity contribution is 7.92. The Morgan fingerprint density at radius 2 is 1.75 bits per heavy atom. The van der Waals surface area contributed by atoms with Crippen LogP contribution >= 0.6 is 0 Å². The van der Waals surface area contributed by atoms with E-state index in [-0.39, 0.29) is 40.0 Å². The molecule has 1 aliphatic carbocycles. The number of hydrogen-bond donors (Lipinski definition) is 3. The maximum Gasteiger partial charge on any atom is 0.261 e. The molecule has 5 N–H and O–H groups in total. The summed E-state index contributed by atoms with van der Waals surface area (Å²) in [4.78, 5) is 4.27. The number of aromatic nitrogens is 3. The summed E-state index contributed by atoms with van der Waals surface area (Å²) in [6.07, 6.45) is 5.27. The van der Waals surface area contributed by atoms with Gasteiger partial charge in [0.15, 0.2) is 0 Å². The van der Waals surface area contributed by atoms with E-state index in [1.807, 2.05) is 13.8 Å². The third-order valence-electron chi connectivity index (χ3n) is 7.41. The number of nitrogens with zero attached hydrogens (tertiary/aromatic N) is 3. The van der Waals surface area contributed by atoms with Gasteiger partial charge in [-0.3, -0.25) is 9.40 Å². The monoisotopic (exact) mass is 570 g/mol. The highest BCUT2D eigenvalue weighted by atomic mass is 32.2. The van der Waals surface area contributed by atoms with Gasteiger partial charge in [0.2, 0.25) is 0 Å². The van der Waals surface area contributed by atoms with Crippen LogP contribution in [0, 0.1) is 11.6 Å². The normalized spacial score (nSPS) is 17.9. The Morgan fingerprint density at radius 1 is 1.07 bits per heavy atom. The second-order valence-corrected chi connectivity index (χ2v) is 12.1. The lowest BCUT2D eigenvalue weighted by atomic mass is 9.82. The van der Waals surface area contributed by atoms with E-state index in [4.69, 9.17) is 16.2 Å². The Kier molecular flexibility index (Phi) is 7.40. The number of hydrogen-bond acceptors (Lipinski definition) is 7. The molecule has 2 aromatic carbocycles. The quantitative estimate of drug-likeness (QED) is 0.273. The minimum atomic E-state index is -4.20. The molecule has 12 heteroatoms. The van der Waals surface area contributed by atoms with Crippen molar-refractivity contribution < 1.29 is 21.9 Å². The fraction of sp³-hybridized carbons (Fsp3) is 0.357. The van der Waals surface area contributed by atoms with Crippen LogP contribution in [0.4, 0.5) is 20.3 Å². The zero-order chi connectivity index (χ0) is 28.8. The van der Waals surface area contributed by atoms with Gasteiger partial charge in [0.1, 0.15) is 28.9 Å². The predicted octanol–water partition coefficient (Wildman–Crippen LogP) is 5.33. The molecular formula is C28H32F2N6O3S. The molecule has 4 aromatic rings. The third kappa shape index (κ3) is 5.08. The van der Waals surface area contributed by atoms with Gasteiger partial charge < -0.3 is 16.2 Å². The Balaban J connectivity index is 1.58. The van der Waals surface area contributed by atoms with E-state index in [9.17, 15) is 8.42 Å². The minimum absolute atomic E-state index is 0.105. The molecule has 212 valence electrons. The van der Waals surface area contributed by atoms with Gasteiger partial charge in [-0.15, -0.1) is 0 Å². The highest BCUT2D eigenvalue weighted by Crippen LogP contribution is 2.42. The maximum absolute atomic E-state index is 15.6. The standard InChI is InChI=1S/C28H32F2N6O3S/c1-15(2)36-27-21(16-4-6-17(31)7-5-16)14-33-28(32)25(27)26(34-36)20-12-23(30)24(13-22(20)29)35-40(37,38)19-10-8-18(39-3)9-11-19/h8-17,35H,4-7,31H2,1-3H3,(H2,32,33). The topological polar surface area (TPSA) is 138 Å². The number of methoxy groups -OCH3 is 1. The van der Waals surface area contributed by atoms with Crippen molar-refractivity contribution in [2.45, 2.75) is 62.4 Å². The van der Waals surface area contributed by atoms with Crippen molar-refractivity contribution in [2.24, 2.45) is 5.73 Å². The predicted molar refractivity (Wildman–Crippen MR) is 151 cm³/mol. The van der Waals surface area contributed by atoms with E-state index in [0.717, 1.165) is 48.9 Å². The van der Waals surface area contributed by atoms with Gasteiger partial charge in [-0.2, -0.15) is 5.10 Å². The first-order valence-electron chi connectivity index (χ1n) is 13.1. The molecule has 0 spiro atoms. The second-order valence-electron chi connectivity index (χ2n) is 10.4. The SMILES string of the molecule is COc1ccc(S(=O)(=O)Nc2cc(F)c(-c3nn(C(C)C)c4c(C5CCC(N)CC5)cnc(N)c34)cc2F)cc1. The fourth-order valence-corrected chi connectivity index (χ4v) is 6.33. The van der Waals surface area contributed by atoms with Crippen LogP contribution in [0.3, 0.4) is 0 Å². The average molecular weight is 571 g/mol. The summed E-state index contributed by atoms with van der Waals surface area (Å²) in [5.74, 6) is -1.04. The molecule has 1 fully saturated rings. The first-order valence-corrected chi connectivity index (χ1v) is 14.6. The maximum atomic E-state index is 15.6. The highest BCUT2D eigenvalue weighted by Gasteiger charge is 2.29. The van der Waals surface area contributed by atoms with Crippen molar-refractivity contribution in [3.05, 3.63) is 59.8 Å². The summed E-state index contributed by atoms with van der Waals surface area (Å²) in [5.41, 5.74) is 13.6. The zero-order valence-corrected chi connectivity index (χ0v) is 23.3. The molecule has 40 heavy (non-hydrogen) atoms. The van der Waals surface area contributed by atoms with Gasteiger partial charge in [0.25, 0.3) is 10.0 Å². The molecule has 0 bridgehead atoms. The van der Waals surface area contributed by atoms with Crippen LogP contribution in [-0.4, -0.2) is 36.3 Å². The fourth-order valence-electron chi connectivity index (χ4n) is 5.27. The van der Waals surface area contributed by atoms with Crippen molar-refractivity contribution in [3.8, 4) is 17.0 Å². The number of halogens is 2. The lowest BCUT2D eigenvalue weighted by Gasteiger charge is -2.27. The number of sulfonamides is 1. The summed E-state index contributed by atoms with van der Waals surface area (Å²) in [6, 6.07) is 7.33. The number of anilines is 2. The molecule has 5 rings (SSSR count). The van der Waals surface area contributed by atoms with Crippen molar-refractivity contribution >= 4 is 32.4 Å². The molecular weight excluding hydrogens is 538 g/mol. The van der Waals surface area contributed by atoms with Gasteiger partial charge in [-0.05, 0) is 81.3 Å². The lowest BCUT2D eigenvalue weighted by molar-refractivity contribution is 0.395. The van der Waals surface area contributed by atoms with Crippen LogP contribution in [-0.2, 0) is 10.0 Å². The van der Waals surface area contributed by atoms with E-state index >= 15 is 8.78 Å². The summed E-state index contributed by atoms with van der Waals surface area (Å²) >= 11 is 0. The molecule has 0 radical (unpaired) electrons. The van der Waals surface area contributed by atoms with Crippen LogP contribution in [0.5, 0.6) is 5.75 Å². The Labute approximate surface area is 231 Å². The number of ether oxygens (including phenoxy) is 1. The minimum Gasteiger partial charge on any atom is -0.497 e. The summed E-state index contributed by atoms with van der Waals surface area (Å²) < 4.78 is 65.6. The first kappa shape index (κ1) is 27.8. The molecule has 1 aliphatic rings. The van der Waals surface area contributed by atoms with Gasteiger partial charge in [0, 0.05) is 29.9 Å². The van der Waals surface area contributed by atoms with Crippen molar-refractivity contribution in [1.82, 2.24) is 14.8 Å². The molecule has 2 heterocycles. The molecule has 0 amide bonds. The Morgan fingerprint density at radius 3 is 2.38 bits per heavy atom. The smallest absolute Gasteiger partial charge is 0.261 e. The van der Waals surface area contributed by atoms with Crippen molar-refractivity contribution in [1.29, 1.82) is 0 Å². The van der Waals surface area contributed by atoms with E-state index in [0.29, 0.717) is 11.1 Å². The van der Waals surface area contributed by atoms with Crippen molar-refractivity contribution in [3.63, 3.8) is 0 Å². The lowest BCUT2D eigenvalue weighted by Crippen LogP contribution is -2.26. The van der Waals surface area contributed by atoms with Crippen molar-refractivity contribution in [2.75, 3.05) is 17.6 Å². The van der Waals surface area contributed by atoms with E-state index in [2.05, 4.69) is 14.8 Å². The van der Waals surface area contributed by atoms with E-state index in [1.54, 1.807) is 10.9 Å². The van der Waals surface area contributed by atoms with E-state index in [1.165, 1.54) is 31.4 Å². The molecule has 1 saturated carbocycles. The molecule has 0 saturated heterocycles. The number of pyridine rings is 1. The largest absolute Gasteiger partial charge is 0.497 e. The van der Waals surface area contributed by atoms with Gasteiger partial charge in [-0.25, -0.2) is 22.2 Å². The molecule has 2 aromatic heterocycles. The zero-order valence-electron chi connectivity index (χ0n) is 22.5. The number of nitrogens with two attached hydrogens (primary N) is 2. The number of nitrogen functional groups attached to an aromatic ring is 1. The molecule has 9 nitrogen and oxygen atoms in total. The van der Waals surface area contributed by atoms with E-state index < -0.39 is 27.3 Å².